The van der Waals surface area contributed by atoms with Crippen LogP contribution in [-0.2, 0) is 11.0 Å². The summed E-state index contributed by atoms with van der Waals surface area (Å²) in [4.78, 5) is 32.2. The Bertz CT molecular complexity index is 1400. The molecule has 1 aliphatic carbocycles. The second kappa shape index (κ2) is 9.93. The van der Waals surface area contributed by atoms with Crippen molar-refractivity contribution in [3.8, 4) is 16.9 Å². The lowest BCUT2D eigenvalue weighted by Crippen LogP contribution is -2.39. The van der Waals surface area contributed by atoms with E-state index in [0.717, 1.165) is 30.5 Å². The molecule has 4 aromatic rings. The van der Waals surface area contributed by atoms with Gasteiger partial charge in [0.1, 0.15) is 6.54 Å². The molecule has 37 heavy (non-hydrogen) atoms. The van der Waals surface area contributed by atoms with Gasteiger partial charge in [-0.2, -0.15) is 13.2 Å². The maximum atomic E-state index is 13.1. The molecule has 0 bridgehead atoms. The Morgan fingerprint density at radius 3 is 2.14 bits per heavy atom. The van der Waals surface area contributed by atoms with Gasteiger partial charge < -0.3 is 4.90 Å². The molecule has 6 nitrogen and oxygen atoms in total. The average molecular weight is 505 g/mol. The van der Waals surface area contributed by atoms with Gasteiger partial charge in [-0.1, -0.05) is 48.5 Å². The highest BCUT2D eigenvalue weighted by atomic mass is 19.4. The summed E-state index contributed by atoms with van der Waals surface area (Å²) >= 11 is 0. The first-order valence-corrected chi connectivity index (χ1v) is 11.8. The van der Waals surface area contributed by atoms with Gasteiger partial charge in [-0.3, -0.25) is 19.5 Å². The van der Waals surface area contributed by atoms with Crippen molar-refractivity contribution < 1.29 is 22.8 Å². The lowest BCUT2D eigenvalue weighted by Gasteiger charge is -2.22. The summed E-state index contributed by atoms with van der Waals surface area (Å²) in [6.07, 6.45) is -1.16. The van der Waals surface area contributed by atoms with Crippen molar-refractivity contribution in [2.75, 3.05) is 11.9 Å². The minimum absolute atomic E-state index is 0.00649. The molecular weight excluding hydrogens is 481 g/mol. The highest BCUT2D eigenvalue weighted by Gasteiger charge is 2.34. The summed E-state index contributed by atoms with van der Waals surface area (Å²) in [6.45, 7) is -0.168. The van der Waals surface area contributed by atoms with E-state index < -0.39 is 17.6 Å². The molecule has 188 valence electrons. The fraction of sp³-hybridized carbons (Fsp3) is 0.179. The number of rotatable bonds is 7. The SMILES string of the molecule is O=C(CN(C(=O)c1ccccc1)C1CC1)Nc1nc(-c2ccccc2)cn1-c1ccc(C(F)(F)F)cc1. The Hall–Kier alpha value is -4.40. The molecule has 1 aliphatic rings. The van der Waals surface area contributed by atoms with E-state index in [2.05, 4.69) is 10.3 Å². The second-order valence-corrected chi connectivity index (χ2v) is 8.81. The van der Waals surface area contributed by atoms with Gasteiger partial charge in [0.2, 0.25) is 11.9 Å². The van der Waals surface area contributed by atoms with E-state index in [-0.39, 0.29) is 24.4 Å². The number of imidazole rings is 1. The highest BCUT2D eigenvalue weighted by Crippen LogP contribution is 2.31. The lowest BCUT2D eigenvalue weighted by molar-refractivity contribution is -0.137. The number of alkyl halides is 3. The number of amides is 2. The van der Waals surface area contributed by atoms with Crippen LogP contribution in [0.15, 0.2) is 91.1 Å². The predicted molar refractivity (Wildman–Crippen MR) is 133 cm³/mol. The second-order valence-electron chi connectivity index (χ2n) is 8.81. The molecule has 9 heteroatoms. The molecule has 1 N–H and O–H groups in total. The maximum Gasteiger partial charge on any atom is 0.416 e. The molecule has 0 spiro atoms. The van der Waals surface area contributed by atoms with Gasteiger partial charge in [0, 0.05) is 29.1 Å². The molecule has 0 saturated heterocycles. The molecule has 2 amide bonds. The zero-order chi connectivity index (χ0) is 26.0. The Balaban J connectivity index is 1.42. The van der Waals surface area contributed by atoms with Crippen LogP contribution in [0, 0.1) is 0 Å². The largest absolute Gasteiger partial charge is 0.416 e. The van der Waals surface area contributed by atoms with Gasteiger partial charge in [-0.25, -0.2) is 4.98 Å². The van der Waals surface area contributed by atoms with E-state index in [4.69, 9.17) is 0 Å². The molecule has 5 rings (SSSR count). The Kier molecular flexibility index (Phi) is 6.52. The molecule has 0 atom stereocenters. The molecule has 1 heterocycles. The Morgan fingerprint density at radius 2 is 1.54 bits per heavy atom. The van der Waals surface area contributed by atoms with E-state index >= 15 is 0 Å². The van der Waals surface area contributed by atoms with Crippen molar-refractivity contribution in [2.24, 2.45) is 0 Å². The predicted octanol–water partition coefficient (Wildman–Crippen LogP) is 5.80. The summed E-state index contributed by atoms with van der Waals surface area (Å²) in [5.74, 6) is -0.532. The molecule has 0 radical (unpaired) electrons. The lowest BCUT2D eigenvalue weighted by atomic mass is 10.2. The molecule has 0 unspecified atom stereocenters. The van der Waals surface area contributed by atoms with Crippen molar-refractivity contribution in [1.29, 1.82) is 0 Å². The maximum absolute atomic E-state index is 13.1. The van der Waals surface area contributed by atoms with Crippen LogP contribution in [0.5, 0.6) is 0 Å². The standard InChI is InChI=1S/C28H23F3N4O2/c29-28(30,31)21-11-13-23(14-12-21)35-17-24(19-7-3-1-4-8-19)32-27(35)33-25(36)18-34(22-15-16-22)26(37)20-9-5-2-6-10-20/h1-14,17,22H,15-16,18H2,(H,32,33,36). The third-order valence-corrected chi connectivity index (χ3v) is 6.08. The summed E-state index contributed by atoms with van der Waals surface area (Å²) in [5, 5.41) is 2.76. The fourth-order valence-corrected chi connectivity index (χ4v) is 4.04. The minimum Gasteiger partial charge on any atom is -0.326 e. The van der Waals surface area contributed by atoms with Gasteiger partial charge >= 0.3 is 6.18 Å². The average Bonchev–Trinajstić information content (AvgIpc) is 3.67. The quantitative estimate of drug-likeness (QED) is 0.346. The first-order valence-electron chi connectivity index (χ1n) is 11.8. The van der Waals surface area contributed by atoms with Gasteiger partial charge in [0.05, 0.1) is 11.3 Å². The number of nitrogens with zero attached hydrogens (tertiary/aromatic N) is 3. The topological polar surface area (TPSA) is 67.2 Å². The summed E-state index contributed by atoms with van der Waals surface area (Å²) in [7, 11) is 0. The number of anilines is 1. The number of hydrogen-bond acceptors (Lipinski definition) is 3. The Morgan fingerprint density at radius 1 is 0.919 bits per heavy atom. The summed E-state index contributed by atoms with van der Waals surface area (Å²) in [6, 6.07) is 22.6. The van der Waals surface area contributed by atoms with E-state index in [0.29, 0.717) is 16.9 Å². The van der Waals surface area contributed by atoms with Crippen LogP contribution in [0.1, 0.15) is 28.8 Å². The van der Waals surface area contributed by atoms with Gasteiger partial charge in [0.25, 0.3) is 5.91 Å². The molecule has 1 fully saturated rings. The molecule has 1 saturated carbocycles. The van der Waals surface area contributed by atoms with Crippen LogP contribution in [0.25, 0.3) is 16.9 Å². The highest BCUT2D eigenvalue weighted by molar-refractivity contribution is 5.99. The van der Waals surface area contributed by atoms with Crippen LogP contribution >= 0.6 is 0 Å². The first-order chi connectivity index (χ1) is 17.8. The molecular formula is C28H23F3N4O2. The van der Waals surface area contributed by atoms with Gasteiger partial charge in [-0.15, -0.1) is 0 Å². The van der Waals surface area contributed by atoms with E-state index in [1.807, 2.05) is 36.4 Å². The van der Waals surface area contributed by atoms with Crippen molar-refractivity contribution in [2.45, 2.75) is 25.1 Å². The molecule has 3 aromatic carbocycles. The number of carbonyl (C=O) groups is 2. The van der Waals surface area contributed by atoms with E-state index in [1.165, 1.54) is 16.7 Å². The van der Waals surface area contributed by atoms with Crippen LogP contribution in [0.3, 0.4) is 0 Å². The monoisotopic (exact) mass is 504 g/mol. The zero-order valence-electron chi connectivity index (χ0n) is 19.7. The third-order valence-electron chi connectivity index (χ3n) is 6.08. The minimum atomic E-state index is -4.46. The number of halogens is 3. The zero-order valence-corrected chi connectivity index (χ0v) is 19.7. The van der Waals surface area contributed by atoms with E-state index in [1.54, 1.807) is 35.4 Å². The van der Waals surface area contributed by atoms with Crippen LogP contribution in [-0.4, -0.2) is 38.9 Å². The van der Waals surface area contributed by atoms with Crippen LogP contribution < -0.4 is 5.32 Å². The van der Waals surface area contributed by atoms with Crippen molar-refractivity contribution in [1.82, 2.24) is 14.5 Å². The summed E-state index contributed by atoms with van der Waals surface area (Å²) < 4.78 is 40.7. The number of carbonyl (C=O) groups excluding carboxylic acids is 2. The van der Waals surface area contributed by atoms with Crippen molar-refractivity contribution in [3.05, 3.63) is 102 Å². The number of hydrogen-bond donors (Lipinski definition) is 1. The third kappa shape index (κ3) is 5.55. The first kappa shape index (κ1) is 24.3. The number of benzene rings is 3. The van der Waals surface area contributed by atoms with Crippen LogP contribution in [0.2, 0.25) is 0 Å². The molecule has 0 aliphatic heterocycles. The van der Waals surface area contributed by atoms with E-state index in [9.17, 15) is 22.8 Å². The normalized spacial score (nSPS) is 13.3. The summed E-state index contributed by atoms with van der Waals surface area (Å²) in [5.41, 5.74) is 1.44. The van der Waals surface area contributed by atoms with Crippen molar-refractivity contribution >= 4 is 17.8 Å². The number of nitrogens with one attached hydrogen (secondary N) is 1. The van der Waals surface area contributed by atoms with Crippen LogP contribution in [0.4, 0.5) is 19.1 Å². The number of aromatic nitrogens is 2. The van der Waals surface area contributed by atoms with Crippen molar-refractivity contribution in [3.63, 3.8) is 0 Å². The Labute approximate surface area is 211 Å². The van der Waals surface area contributed by atoms with Gasteiger partial charge in [0.15, 0.2) is 0 Å². The fourth-order valence-electron chi connectivity index (χ4n) is 4.04. The molecule has 1 aromatic heterocycles. The van der Waals surface area contributed by atoms with Gasteiger partial charge in [-0.05, 0) is 49.2 Å². The smallest absolute Gasteiger partial charge is 0.326 e.